The van der Waals surface area contributed by atoms with Crippen LogP contribution < -0.4 is 5.73 Å². The second kappa shape index (κ2) is 5.40. The minimum absolute atomic E-state index is 0.0674. The molecular weight excluding hydrogens is 276 g/mol. The quantitative estimate of drug-likeness (QED) is 0.875. The summed E-state index contributed by atoms with van der Waals surface area (Å²) in [7, 11) is 0. The molecule has 22 heavy (non-hydrogen) atoms. The first-order valence-electron chi connectivity index (χ1n) is 7.43. The fourth-order valence-corrected chi connectivity index (χ4v) is 3.17. The van der Waals surface area contributed by atoms with Crippen molar-refractivity contribution in [2.24, 2.45) is 0 Å². The topological polar surface area (TPSA) is 72.1 Å². The van der Waals surface area contributed by atoms with Crippen molar-refractivity contribution in [1.29, 1.82) is 0 Å². The summed E-state index contributed by atoms with van der Waals surface area (Å²) >= 11 is 0. The second-order valence-electron chi connectivity index (χ2n) is 5.95. The zero-order chi connectivity index (χ0) is 15.9. The number of aryl methyl sites for hydroxylation is 3. The van der Waals surface area contributed by atoms with Crippen LogP contribution in [0.25, 0.3) is 0 Å². The molecule has 1 amide bonds. The molecule has 1 aliphatic rings. The van der Waals surface area contributed by atoms with Gasteiger partial charge in [0.15, 0.2) is 0 Å². The summed E-state index contributed by atoms with van der Waals surface area (Å²) in [5.41, 5.74) is 11.6. The molecule has 2 N–H and O–H groups in total. The summed E-state index contributed by atoms with van der Waals surface area (Å²) in [5.74, 6) is 0.327. The molecule has 2 aromatic rings. The lowest BCUT2D eigenvalue weighted by Gasteiger charge is -2.29. The molecule has 0 saturated carbocycles. The number of anilines is 1. The minimum Gasteiger partial charge on any atom is -0.368 e. The Morgan fingerprint density at radius 3 is 2.59 bits per heavy atom. The number of hydrogen-bond acceptors (Lipinski definition) is 4. The van der Waals surface area contributed by atoms with Gasteiger partial charge in [0.2, 0.25) is 5.95 Å². The van der Waals surface area contributed by atoms with Gasteiger partial charge in [-0.1, -0.05) is 17.7 Å². The van der Waals surface area contributed by atoms with Crippen LogP contribution in [0.3, 0.4) is 0 Å². The highest BCUT2D eigenvalue weighted by atomic mass is 16.2. The number of carbonyl (C=O) groups excluding carboxylic acids is 1. The first-order valence-corrected chi connectivity index (χ1v) is 7.43. The first kappa shape index (κ1) is 14.5. The predicted molar refractivity (Wildman–Crippen MR) is 85.5 cm³/mol. The molecule has 0 unspecified atom stereocenters. The van der Waals surface area contributed by atoms with E-state index in [1.807, 2.05) is 25.7 Å². The van der Waals surface area contributed by atoms with Gasteiger partial charge in [-0.05, 0) is 43.9 Å². The van der Waals surface area contributed by atoms with Crippen LogP contribution in [0.5, 0.6) is 0 Å². The molecule has 2 heterocycles. The SMILES string of the molecule is Cc1cc(C)c(C(=O)N2CCc3cnc(N)nc3C2)c(C)c1. The highest BCUT2D eigenvalue weighted by molar-refractivity contribution is 5.97. The van der Waals surface area contributed by atoms with Gasteiger partial charge in [0.1, 0.15) is 0 Å². The van der Waals surface area contributed by atoms with Crippen LogP contribution in [-0.4, -0.2) is 27.3 Å². The zero-order valence-electron chi connectivity index (χ0n) is 13.2. The molecule has 0 bridgehead atoms. The van der Waals surface area contributed by atoms with E-state index in [-0.39, 0.29) is 11.9 Å². The summed E-state index contributed by atoms with van der Waals surface area (Å²) in [6.07, 6.45) is 2.53. The molecule has 3 rings (SSSR count). The van der Waals surface area contributed by atoms with Crippen molar-refractivity contribution >= 4 is 11.9 Å². The average molecular weight is 296 g/mol. The minimum atomic E-state index is 0.0674. The van der Waals surface area contributed by atoms with E-state index in [2.05, 4.69) is 22.1 Å². The molecule has 1 aromatic carbocycles. The Balaban J connectivity index is 1.91. The maximum absolute atomic E-state index is 12.9. The number of carbonyl (C=O) groups is 1. The van der Waals surface area contributed by atoms with E-state index in [1.165, 1.54) is 5.56 Å². The third-order valence-corrected chi connectivity index (χ3v) is 4.14. The van der Waals surface area contributed by atoms with Gasteiger partial charge >= 0.3 is 0 Å². The van der Waals surface area contributed by atoms with Crippen molar-refractivity contribution in [2.75, 3.05) is 12.3 Å². The van der Waals surface area contributed by atoms with E-state index in [9.17, 15) is 4.79 Å². The van der Waals surface area contributed by atoms with Crippen LogP contribution in [0.15, 0.2) is 18.3 Å². The lowest BCUT2D eigenvalue weighted by atomic mass is 9.97. The molecule has 0 saturated heterocycles. The van der Waals surface area contributed by atoms with Crippen molar-refractivity contribution in [3.05, 3.63) is 51.8 Å². The van der Waals surface area contributed by atoms with E-state index >= 15 is 0 Å². The summed E-state index contributed by atoms with van der Waals surface area (Å²) in [6, 6.07) is 4.11. The van der Waals surface area contributed by atoms with Crippen LogP contribution >= 0.6 is 0 Å². The Labute approximate surface area is 130 Å². The Bertz CT molecular complexity index is 731. The normalized spacial score (nSPS) is 13.9. The van der Waals surface area contributed by atoms with Crippen molar-refractivity contribution in [3.8, 4) is 0 Å². The number of amides is 1. The second-order valence-corrected chi connectivity index (χ2v) is 5.95. The van der Waals surface area contributed by atoms with Crippen LogP contribution in [0.2, 0.25) is 0 Å². The summed E-state index contributed by atoms with van der Waals surface area (Å²) in [5, 5.41) is 0. The van der Waals surface area contributed by atoms with E-state index in [4.69, 9.17) is 5.73 Å². The van der Waals surface area contributed by atoms with E-state index in [1.54, 1.807) is 6.20 Å². The van der Waals surface area contributed by atoms with Gasteiger partial charge in [0.25, 0.3) is 5.91 Å². The van der Waals surface area contributed by atoms with E-state index in [0.29, 0.717) is 13.1 Å². The fourth-order valence-electron chi connectivity index (χ4n) is 3.17. The third-order valence-electron chi connectivity index (χ3n) is 4.14. The monoisotopic (exact) mass is 296 g/mol. The van der Waals surface area contributed by atoms with Crippen LogP contribution in [0.1, 0.15) is 38.3 Å². The summed E-state index contributed by atoms with van der Waals surface area (Å²) < 4.78 is 0. The molecule has 1 aromatic heterocycles. The highest BCUT2D eigenvalue weighted by Gasteiger charge is 2.25. The molecule has 0 aliphatic carbocycles. The van der Waals surface area contributed by atoms with Gasteiger partial charge < -0.3 is 10.6 Å². The van der Waals surface area contributed by atoms with Crippen LogP contribution in [0, 0.1) is 20.8 Å². The van der Waals surface area contributed by atoms with Gasteiger partial charge in [-0.15, -0.1) is 0 Å². The standard InChI is InChI=1S/C17H20N4O/c1-10-6-11(2)15(12(3)7-10)16(22)21-5-4-13-8-19-17(18)20-14(13)9-21/h6-8H,4-5,9H2,1-3H3,(H2,18,19,20). The van der Waals surface area contributed by atoms with Crippen LogP contribution in [0.4, 0.5) is 5.95 Å². The number of aromatic nitrogens is 2. The summed E-state index contributed by atoms with van der Waals surface area (Å²) in [6.45, 7) is 7.21. The van der Waals surface area contributed by atoms with E-state index in [0.717, 1.165) is 34.4 Å². The first-order chi connectivity index (χ1) is 10.5. The Morgan fingerprint density at radius 1 is 1.23 bits per heavy atom. The number of nitrogen functional groups attached to an aromatic ring is 1. The third kappa shape index (κ3) is 2.54. The van der Waals surface area contributed by atoms with Gasteiger partial charge in [0, 0.05) is 18.3 Å². The average Bonchev–Trinajstić information content (AvgIpc) is 2.45. The van der Waals surface area contributed by atoms with E-state index < -0.39 is 0 Å². The maximum atomic E-state index is 12.9. The largest absolute Gasteiger partial charge is 0.368 e. The lowest BCUT2D eigenvalue weighted by Crippen LogP contribution is -2.37. The van der Waals surface area contributed by atoms with Crippen molar-refractivity contribution < 1.29 is 4.79 Å². The van der Waals surface area contributed by atoms with Gasteiger partial charge in [-0.2, -0.15) is 0 Å². The maximum Gasteiger partial charge on any atom is 0.254 e. The molecule has 5 nitrogen and oxygen atoms in total. The predicted octanol–water partition coefficient (Wildman–Crippen LogP) is 2.18. The molecule has 0 spiro atoms. The highest BCUT2D eigenvalue weighted by Crippen LogP contribution is 2.23. The molecular formula is C17H20N4O. The number of hydrogen-bond donors (Lipinski definition) is 1. The smallest absolute Gasteiger partial charge is 0.254 e. The molecule has 114 valence electrons. The lowest BCUT2D eigenvalue weighted by molar-refractivity contribution is 0.0730. The van der Waals surface area contributed by atoms with Crippen molar-refractivity contribution in [2.45, 2.75) is 33.7 Å². The number of nitrogens with zero attached hydrogens (tertiary/aromatic N) is 3. The number of nitrogens with two attached hydrogens (primary N) is 1. The van der Waals surface area contributed by atoms with Gasteiger partial charge in [-0.3, -0.25) is 4.79 Å². The molecule has 5 heteroatoms. The number of rotatable bonds is 1. The zero-order valence-corrected chi connectivity index (χ0v) is 13.2. The number of fused-ring (bicyclic) bond motifs is 1. The fraction of sp³-hybridized carbons (Fsp3) is 0.353. The van der Waals surface area contributed by atoms with Gasteiger partial charge in [-0.25, -0.2) is 9.97 Å². The molecule has 0 atom stereocenters. The van der Waals surface area contributed by atoms with Crippen LogP contribution in [-0.2, 0) is 13.0 Å². The van der Waals surface area contributed by atoms with Gasteiger partial charge in [0.05, 0.1) is 12.2 Å². The Hall–Kier alpha value is -2.43. The molecule has 1 aliphatic heterocycles. The van der Waals surface area contributed by atoms with Crippen molar-refractivity contribution in [3.63, 3.8) is 0 Å². The Kier molecular flexibility index (Phi) is 3.56. The summed E-state index contributed by atoms with van der Waals surface area (Å²) in [4.78, 5) is 23.0. The van der Waals surface area contributed by atoms with Crippen molar-refractivity contribution in [1.82, 2.24) is 14.9 Å². The molecule has 0 fully saturated rings. The molecule has 0 radical (unpaired) electrons. The Morgan fingerprint density at radius 2 is 1.91 bits per heavy atom. The number of benzene rings is 1.